The summed E-state index contributed by atoms with van der Waals surface area (Å²) >= 11 is 12.6. The van der Waals surface area contributed by atoms with Crippen LogP contribution < -0.4 is 4.74 Å². The number of ether oxygens (including phenoxy) is 1. The van der Waals surface area contributed by atoms with Crippen LogP contribution in [0, 0.1) is 0 Å². The summed E-state index contributed by atoms with van der Waals surface area (Å²) in [6, 6.07) is 14.8. The van der Waals surface area contributed by atoms with E-state index in [1.165, 1.54) is 0 Å². The van der Waals surface area contributed by atoms with Crippen LogP contribution in [0.1, 0.15) is 29.8 Å². The van der Waals surface area contributed by atoms with Crippen molar-refractivity contribution >= 4 is 29.1 Å². The Morgan fingerprint density at radius 1 is 1.10 bits per heavy atom. The first-order chi connectivity index (χ1) is 14.0. The lowest BCUT2D eigenvalue weighted by Crippen LogP contribution is -2.29. The molecule has 0 spiro atoms. The van der Waals surface area contributed by atoms with Gasteiger partial charge in [0.05, 0.1) is 16.7 Å². The molecule has 1 amide bonds. The molecule has 29 heavy (non-hydrogen) atoms. The molecule has 0 saturated carbocycles. The molecule has 2 aromatic carbocycles. The summed E-state index contributed by atoms with van der Waals surface area (Å²) in [7, 11) is 1.72. The molecule has 0 N–H and O–H groups in total. The van der Waals surface area contributed by atoms with E-state index in [1.54, 1.807) is 34.8 Å². The van der Waals surface area contributed by atoms with Gasteiger partial charge in [0.25, 0.3) is 5.91 Å². The van der Waals surface area contributed by atoms with Gasteiger partial charge in [-0.3, -0.25) is 4.79 Å². The zero-order valence-electron chi connectivity index (χ0n) is 16.3. The second-order valence-electron chi connectivity index (χ2n) is 6.43. The molecule has 152 valence electrons. The molecule has 0 fully saturated rings. The van der Waals surface area contributed by atoms with Crippen molar-refractivity contribution in [3.05, 3.63) is 70.2 Å². The number of para-hydroxylation sites is 2. The number of aromatic nitrogens is 3. The van der Waals surface area contributed by atoms with Gasteiger partial charge in [0, 0.05) is 20.0 Å². The van der Waals surface area contributed by atoms with Crippen molar-refractivity contribution in [2.75, 3.05) is 20.2 Å². The molecular formula is C21H22Cl2N4O2. The average Bonchev–Trinajstić information content (AvgIpc) is 3.15. The van der Waals surface area contributed by atoms with Gasteiger partial charge in [-0.25, -0.2) is 9.67 Å². The fourth-order valence-electron chi connectivity index (χ4n) is 2.81. The van der Waals surface area contributed by atoms with Gasteiger partial charge in [-0.05, 0) is 30.7 Å². The average molecular weight is 433 g/mol. The van der Waals surface area contributed by atoms with E-state index in [-0.39, 0.29) is 11.7 Å². The van der Waals surface area contributed by atoms with Gasteiger partial charge in [0.1, 0.15) is 17.3 Å². The highest BCUT2D eigenvalue weighted by Gasteiger charge is 2.21. The molecule has 1 heterocycles. The van der Waals surface area contributed by atoms with E-state index in [0.717, 1.165) is 5.75 Å². The largest absolute Gasteiger partial charge is 0.494 e. The Labute approximate surface area is 180 Å². The maximum atomic E-state index is 12.8. The number of benzene rings is 2. The molecule has 3 rings (SSSR count). The first kappa shape index (κ1) is 21.1. The summed E-state index contributed by atoms with van der Waals surface area (Å²) < 4.78 is 7.21. The predicted molar refractivity (Wildman–Crippen MR) is 114 cm³/mol. The van der Waals surface area contributed by atoms with Crippen LogP contribution in [0.4, 0.5) is 0 Å². The summed E-state index contributed by atoms with van der Waals surface area (Å²) in [5, 5.41) is 5.28. The number of hydrogen-bond acceptors (Lipinski definition) is 4. The van der Waals surface area contributed by atoms with Gasteiger partial charge in [-0.1, -0.05) is 54.4 Å². The molecule has 0 bridgehead atoms. The Morgan fingerprint density at radius 2 is 1.79 bits per heavy atom. The molecule has 0 aliphatic heterocycles. The van der Waals surface area contributed by atoms with Crippen LogP contribution in [0.25, 0.3) is 5.69 Å². The highest BCUT2D eigenvalue weighted by molar-refractivity contribution is 6.37. The van der Waals surface area contributed by atoms with E-state index in [2.05, 4.69) is 10.1 Å². The van der Waals surface area contributed by atoms with Crippen LogP contribution in [0.5, 0.6) is 5.75 Å². The zero-order chi connectivity index (χ0) is 20.8. The molecule has 0 atom stereocenters. The molecular weight excluding hydrogens is 411 g/mol. The fraction of sp³-hybridized carbons (Fsp3) is 0.286. The number of carbonyl (C=O) groups excluding carboxylic acids is 1. The van der Waals surface area contributed by atoms with Gasteiger partial charge in [0.15, 0.2) is 0 Å². The first-order valence-electron chi connectivity index (χ1n) is 9.35. The Morgan fingerprint density at radius 3 is 2.45 bits per heavy atom. The third kappa shape index (κ3) is 5.08. The van der Waals surface area contributed by atoms with Crippen molar-refractivity contribution < 1.29 is 9.53 Å². The van der Waals surface area contributed by atoms with Crippen LogP contribution in [-0.2, 0) is 6.42 Å². The van der Waals surface area contributed by atoms with Gasteiger partial charge in [0.2, 0.25) is 5.82 Å². The number of halogens is 2. The van der Waals surface area contributed by atoms with Crippen molar-refractivity contribution in [3.8, 4) is 11.4 Å². The van der Waals surface area contributed by atoms with Crippen molar-refractivity contribution in [2.24, 2.45) is 0 Å². The quantitative estimate of drug-likeness (QED) is 0.484. The molecule has 0 aliphatic carbocycles. The smallest absolute Gasteiger partial charge is 0.293 e. The number of nitrogens with zero attached hydrogens (tertiary/aromatic N) is 4. The Bertz CT molecular complexity index is 956. The molecule has 0 unspecified atom stereocenters. The normalized spacial score (nSPS) is 10.8. The minimum absolute atomic E-state index is 0.115. The summed E-state index contributed by atoms with van der Waals surface area (Å²) in [4.78, 5) is 18.8. The molecule has 0 saturated heterocycles. The zero-order valence-corrected chi connectivity index (χ0v) is 17.8. The van der Waals surface area contributed by atoms with Crippen LogP contribution in [0.15, 0.2) is 48.5 Å². The van der Waals surface area contributed by atoms with Crippen molar-refractivity contribution in [1.82, 2.24) is 19.7 Å². The van der Waals surface area contributed by atoms with Gasteiger partial charge < -0.3 is 9.64 Å². The topological polar surface area (TPSA) is 60.3 Å². The maximum Gasteiger partial charge on any atom is 0.293 e. The molecule has 6 nitrogen and oxygen atoms in total. The summed E-state index contributed by atoms with van der Waals surface area (Å²) in [6.07, 6.45) is 1.27. The maximum absolute atomic E-state index is 12.8. The summed E-state index contributed by atoms with van der Waals surface area (Å²) in [6.45, 7) is 2.97. The van der Waals surface area contributed by atoms with E-state index in [4.69, 9.17) is 27.9 Å². The second-order valence-corrected chi connectivity index (χ2v) is 7.24. The molecule has 3 aromatic rings. The predicted octanol–water partition coefficient (Wildman–Crippen LogP) is 4.68. The monoisotopic (exact) mass is 432 g/mol. The molecule has 1 aromatic heterocycles. The summed E-state index contributed by atoms with van der Waals surface area (Å²) in [5.74, 6) is 1.28. The number of aryl methyl sites for hydroxylation is 1. The minimum Gasteiger partial charge on any atom is -0.494 e. The van der Waals surface area contributed by atoms with Crippen molar-refractivity contribution in [2.45, 2.75) is 19.8 Å². The van der Waals surface area contributed by atoms with Crippen molar-refractivity contribution in [1.29, 1.82) is 0 Å². The highest BCUT2D eigenvalue weighted by Crippen LogP contribution is 2.28. The SMILES string of the molecule is CCc1nc(C(=O)N(C)CCCOc2ccccc2)nn1-c1c(Cl)cccc1Cl. The third-order valence-corrected chi connectivity index (χ3v) is 4.94. The lowest BCUT2D eigenvalue weighted by Gasteiger charge is -2.15. The summed E-state index contributed by atoms with van der Waals surface area (Å²) in [5.41, 5.74) is 0.526. The third-order valence-electron chi connectivity index (χ3n) is 4.33. The van der Waals surface area contributed by atoms with Crippen LogP contribution in [0.3, 0.4) is 0 Å². The molecule has 0 radical (unpaired) electrons. The Hall–Kier alpha value is -2.57. The van der Waals surface area contributed by atoms with E-state index >= 15 is 0 Å². The van der Waals surface area contributed by atoms with E-state index in [9.17, 15) is 4.79 Å². The van der Waals surface area contributed by atoms with E-state index in [1.807, 2.05) is 37.3 Å². The number of rotatable bonds is 8. The molecule has 8 heteroatoms. The van der Waals surface area contributed by atoms with Gasteiger partial charge >= 0.3 is 0 Å². The number of carbonyl (C=O) groups is 1. The van der Waals surface area contributed by atoms with Crippen LogP contribution in [0.2, 0.25) is 10.0 Å². The van der Waals surface area contributed by atoms with E-state index in [0.29, 0.717) is 47.6 Å². The number of amides is 1. The lowest BCUT2D eigenvalue weighted by molar-refractivity contribution is 0.0776. The Balaban J connectivity index is 1.67. The minimum atomic E-state index is -0.263. The van der Waals surface area contributed by atoms with Crippen LogP contribution in [-0.4, -0.2) is 45.8 Å². The van der Waals surface area contributed by atoms with Crippen molar-refractivity contribution in [3.63, 3.8) is 0 Å². The second kappa shape index (κ2) is 9.76. The highest BCUT2D eigenvalue weighted by atomic mass is 35.5. The van der Waals surface area contributed by atoms with Crippen LogP contribution >= 0.6 is 23.2 Å². The molecule has 0 aliphatic rings. The van der Waals surface area contributed by atoms with Gasteiger partial charge in [-0.2, -0.15) is 0 Å². The fourth-order valence-corrected chi connectivity index (χ4v) is 3.37. The standard InChI is InChI=1S/C21H22Cl2N4O2/c1-3-18-24-20(25-27(18)19-16(22)11-7-12-17(19)23)21(28)26(2)13-8-14-29-15-9-5-4-6-10-15/h4-7,9-12H,3,8,13-14H2,1-2H3. The number of hydrogen-bond donors (Lipinski definition) is 0. The Kier molecular flexibility index (Phi) is 7.12. The van der Waals surface area contributed by atoms with Gasteiger partial charge in [-0.15, -0.1) is 5.10 Å². The van der Waals surface area contributed by atoms with E-state index < -0.39 is 0 Å². The lowest BCUT2D eigenvalue weighted by atomic mass is 10.3. The first-order valence-corrected chi connectivity index (χ1v) is 10.1.